The SMILES string of the molecule is Cc1cc2c(cc1N1c3cc4c(cc3B3c5cc6c(cc5N(c5ccc(C(C)(C)C)cc5-c5ccccc5)c5cc(N7c8ccc(-c9ccc(C(C)(C)C)cc9)cc8C8(C)CCCCC78C)cc1c53)C(C)(C)CC6(C)C)C(C)(C)CC4(C)C)C(C)(C)CCC2(C)C. The van der Waals surface area contributed by atoms with Crippen LogP contribution in [0, 0.1) is 6.92 Å². The normalized spacial score (nSPS) is 23.0. The molecule has 0 saturated heterocycles. The van der Waals surface area contributed by atoms with Crippen LogP contribution in [-0.2, 0) is 48.7 Å². The van der Waals surface area contributed by atoms with E-state index in [9.17, 15) is 0 Å². The number of aryl methyl sites for hydroxylation is 1. The first-order valence-corrected chi connectivity index (χ1v) is 35.0. The lowest BCUT2D eigenvalue weighted by Crippen LogP contribution is -2.62. The molecule has 1 fully saturated rings. The Morgan fingerprint density at radius 1 is 0.363 bits per heavy atom. The Morgan fingerprint density at radius 3 is 1.37 bits per heavy atom. The van der Waals surface area contributed by atoms with Gasteiger partial charge in [0.15, 0.2) is 0 Å². The molecule has 0 spiro atoms. The molecular formula is C87H102BN3. The molecule has 8 aromatic rings. The maximum absolute atomic E-state index is 2.90. The first-order chi connectivity index (χ1) is 42.5. The molecule has 2 unspecified atom stereocenters. The van der Waals surface area contributed by atoms with Crippen LogP contribution in [-0.4, -0.2) is 12.3 Å². The minimum absolute atomic E-state index is 0.00313. The van der Waals surface area contributed by atoms with Crippen molar-refractivity contribution in [1.29, 1.82) is 0 Å². The van der Waals surface area contributed by atoms with Gasteiger partial charge >= 0.3 is 0 Å². The zero-order valence-corrected chi connectivity index (χ0v) is 59.4. The molecule has 15 rings (SSSR count). The summed E-state index contributed by atoms with van der Waals surface area (Å²) in [4.78, 5) is 8.55. The molecule has 0 aromatic heterocycles. The summed E-state index contributed by atoms with van der Waals surface area (Å²) in [7, 11) is 0. The highest BCUT2D eigenvalue weighted by molar-refractivity contribution is 7.00. The van der Waals surface area contributed by atoms with E-state index >= 15 is 0 Å². The van der Waals surface area contributed by atoms with Crippen molar-refractivity contribution in [2.75, 3.05) is 14.7 Å². The number of fused-ring (bicyclic) bond motifs is 10. The van der Waals surface area contributed by atoms with Gasteiger partial charge in [0.05, 0.1) is 11.2 Å². The number of rotatable bonds is 5. The Hall–Kier alpha value is -6.78. The third-order valence-electron chi connectivity index (χ3n) is 25.1. The summed E-state index contributed by atoms with van der Waals surface area (Å²) < 4.78 is 0. The van der Waals surface area contributed by atoms with E-state index in [-0.39, 0.29) is 61.0 Å². The molecule has 3 aliphatic heterocycles. The number of hydrogen-bond donors (Lipinski definition) is 0. The van der Waals surface area contributed by atoms with Crippen LogP contribution in [0.1, 0.15) is 245 Å². The molecule has 7 aliphatic rings. The van der Waals surface area contributed by atoms with E-state index in [1.165, 1.54) is 159 Å². The minimum atomic E-state index is -0.217. The highest BCUT2D eigenvalue weighted by Gasteiger charge is 2.59. The predicted octanol–water partition coefficient (Wildman–Crippen LogP) is 22.0. The summed E-state index contributed by atoms with van der Waals surface area (Å²) in [5.41, 5.74) is 34.1. The van der Waals surface area contributed by atoms with Crippen LogP contribution in [0.2, 0.25) is 0 Å². The molecule has 1 saturated carbocycles. The average molecular weight is 1200 g/mol. The molecule has 0 amide bonds. The maximum atomic E-state index is 2.90. The largest absolute Gasteiger partial charge is 0.334 e. The number of anilines is 8. The summed E-state index contributed by atoms with van der Waals surface area (Å²) in [6.07, 6.45) is 9.23. The van der Waals surface area contributed by atoms with Crippen molar-refractivity contribution < 1.29 is 0 Å². The quantitative estimate of drug-likeness (QED) is 0.159. The summed E-state index contributed by atoms with van der Waals surface area (Å²) in [5, 5.41) is 0. The topological polar surface area (TPSA) is 9.72 Å². The van der Waals surface area contributed by atoms with E-state index in [2.05, 4.69) is 300 Å². The highest BCUT2D eigenvalue weighted by Crippen LogP contribution is 2.64. The van der Waals surface area contributed by atoms with Crippen molar-refractivity contribution in [2.45, 2.75) is 251 Å². The molecule has 3 heterocycles. The molecule has 2 atom stereocenters. The number of nitrogens with zero attached hydrogens (tertiary/aromatic N) is 3. The Morgan fingerprint density at radius 2 is 0.824 bits per heavy atom. The van der Waals surface area contributed by atoms with Gasteiger partial charge in [-0.25, -0.2) is 0 Å². The standard InChI is InChI=1S/C87H102BN3/c1-53-41-61-64(81(10,11)40-39-80(61,8)9)48-72(53)90-74-50-66-63(83(14,15)52-85(66,18)19)47-69(74)88-68-46-62-65(84(16,17)51-82(62,12)13)49-73(68)89(70-36-34-58(79(5,6)7)43-60(70)55-27-23-22-24-28-55)75-44-59(45-76(90)77(75)88)91-71-35-31-56(54-29-32-57(33-30-54)78(2,3)4)42-67(71)86(20)37-25-26-38-87(86,91)21/h22-24,27-36,41-50H,25-26,37-40,51-52H2,1-21H3. The van der Waals surface area contributed by atoms with E-state index in [0.29, 0.717) is 0 Å². The van der Waals surface area contributed by atoms with Crippen LogP contribution in [0.5, 0.6) is 0 Å². The van der Waals surface area contributed by atoms with Gasteiger partial charge < -0.3 is 14.7 Å². The lowest BCUT2D eigenvalue weighted by Gasteiger charge is -2.51. The fourth-order valence-electron chi connectivity index (χ4n) is 20.0. The smallest absolute Gasteiger partial charge is 0.252 e. The van der Waals surface area contributed by atoms with Crippen LogP contribution in [0.25, 0.3) is 22.3 Å². The van der Waals surface area contributed by atoms with Gasteiger partial charge in [-0.2, -0.15) is 0 Å². The van der Waals surface area contributed by atoms with Gasteiger partial charge in [0.1, 0.15) is 0 Å². The predicted molar refractivity (Wildman–Crippen MR) is 393 cm³/mol. The van der Waals surface area contributed by atoms with Gasteiger partial charge in [-0.15, -0.1) is 0 Å². The molecule has 0 N–H and O–H groups in total. The Labute approximate surface area is 548 Å². The van der Waals surface area contributed by atoms with E-state index in [0.717, 1.165) is 32.1 Å². The lowest BCUT2D eigenvalue weighted by molar-refractivity contribution is 0.195. The fourth-order valence-corrected chi connectivity index (χ4v) is 20.0. The van der Waals surface area contributed by atoms with E-state index in [1.807, 2.05) is 0 Å². The fraction of sp³-hybridized carbons (Fsp3) is 0.448. The van der Waals surface area contributed by atoms with E-state index in [4.69, 9.17) is 0 Å². The van der Waals surface area contributed by atoms with Gasteiger partial charge in [-0.05, 0) is 239 Å². The second-order valence-electron chi connectivity index (χ2n) is 36.3. The van der Waals surface area contributed by atoms with Gasteiger partial charge in [-0.3, -0.25) is 0 Å². The van der Waals surface area contributed by atoms with Crippen molar-refractivity contribution in [3.05, 3.63) is 195 Å². The zero-order valence-electron chi connectivity index (χ0n) is 59.4. The summed E-state index contributed by atoms with van der Waals surface area (Å²) in [5.74, 6) is 0. The maximum Gasteiger partial charge on any atom is 0.252 e. The molecule has 4 heteroatoms. The van der Waals surface area contributed by atoms with Gasteiger partial charge in [0.25, 0.3) is 6.71 Å². The number of benzene rings is 8. The molecule has 8 aromatic carbocycles. The van der Waals surface area contributed by atoms with Crippen molar-refractivity contribution in [3.63, 3.8) is 0 Å². The zero-order chi connectivity index (χ0) is 64.7. The second kappa shape index (κ2) is 19.2. The van der Waals surface area contributed by atoms with E-state index < -0.39 is 0 Å². The van der Waals surface area contributed by atoms with Crippen LogP contribution in [0.3, 0.4) is 0 Å². The Kier molecular flexibility index (Phi) is 12.8. The molecule has 4 aliphatic carbocycles. The van der Waals surface area contributed by atoms with Crippen molar-refractivity contribution in [1.82, 2.24) is 0 Å². The number of hydrogen-bond acceptors (Lipinski definition) is 3. The van der Waals surface area contributed by atoms with Crippen molar-refractivity contribution in [2.24, 2.45) is 0 Å². The van der Waals surface area contributed by atoms with Crippen molar-refractivity contribution in [3.8, 4) is 22.3 Å². The first-order valence-electron chi connectivity index (χ1n) is 35.0. The van der Waals surface area contributed by atoms with Gasteiger partial charge in [-0.1, -0.05) is 229 Å². The van der Waals surface area contributed by atoms with Crippen molar-refractivity contribution >= 4 is 68.6 Å². The Bertz CT molecular complexity index is 4380. The van der Waals surface area contributed by atoms with Gasteiger partial charge in [0.2, 0.25) is 0 Å². The van der Waals surface area contributed by atoms with Crippen LogP contribution < -0.4 is 31.1 Å². The molecular weight excluding hydrogens is 1100 g/mol. The summed E-state index contributed by atoms with van der Waals surface area (Å²) >= 11 is 0. The molecule has 91 heavy (non-hydrogen) atoms. The molecule has 0 radical (unpaired) electrons. The third kappa shape index (κ3) is 8.77. The highest BCUT2D eigenvalue weighted by atomic mass is 15.3. The first kappa shape index (κ1) is 60.5. The average Bonchev–Trinajstić information content (AvgIpc) is 1.68. The monoisotopic (exact) mass is 1200 g/mol. The minimum Gasteiger partial charge on any atom is -0.334 e. The molecule has 468 valence electrons. The third-order valence-corrected chi connectivity index (χ3v) is 25.1. The second-order valence-corrected chi connectivity index (χ2v) is 36.3. The van der Waals surface area contributed by atoms with Gasteiger partial charge in [0, 0.05) is 50.8 Å². The summed E-state index contributed by atoms with van der Waals surface area (Å²) in [6.45, 7) is 52.0. The Balaban J connectivity index is 1.10. The lowest BCUT2D eigenvalue weighted by atomic mass is 9.33. The molecule has 3 nitrogen and oxygen atoms in total. The van der Waals surface area contributed by atoms with Crippen LogP contribution in [0.15, 0.2) is 140 Å². The summed E-state index contributed by atoms with van der Waals surface area (Å²) in [6, 6.07) is 57.6. The van der Waals surface area contributed by atoms with Crippen LogP contribution in [0.4, 0.5) is 45.5 Å². The van der Waals surface area contributed by atoms with E-state index in [1.54, 1.807) is 0 Å². The van der Waals surface area contributed by atoms with Crippen LogP contribution >= 0.6 is 0 Å². The molecule has 0 bridgehead atoms.